The Hall–Kier alpha value is -0.810. The molecule has 0 aromatic carbocycles. The Kier molecular flexibility index (Phi) is 4.87. The summed E-state index contributed by atoms with van der Waals surface area (Å²) in [7, 11) is 0. The molecule has 0 radical (unpaired) electrons. The summed E-state index contributed by atoms with van der Waals surface area (Å²) < 4.78 is 47.9. The molecular formula is C8H13F4NO. The number of amides is 1. The molecular weight excluding hydrogens is 202 g/mol. The Balaban J connectivity index is 3.96. The van der Waals surface area contributed by atoms with Crippen molar-refractivity contribution < 1.29 is 22.4 Å². The van der Waals surface area contributed by atoms with Crippen LogP contribution in [0.4, 0.5) is 17.6 Å². The largest absolute Gasteiger partial charge is 0.383 e. The van der Waals surface area contributed by atoms with Crippen LogP contribution in [0.25, 0.3) is 0 Å². The molecule has 0 atom stereocenters. The predicted molar refractivity (Wildman–Crippen MR) is 43.4 cm³/mol. The molecule has 0 bridgehead atoms. The van der Waals surface area contributed by atoms with Gasteiger partial charge in [-0.25, -0.2) is 8.78 Å². The predicted octanol–water partition coefficient (Wildman–Crippen LogP) is 2.05. The van der Waals surface area contributed by atoms with E-state index in [-0.39, 0.29) is 12.5 Å². The lowest BCUT2D eigenvalue weighted by molar-refractivity contribution is -0.169. The van der Waals surface area contributed by atoms with Gasteiger partial charge in [-0.3, -0.25) is 4.79 Å². The van der Waals surface area contributed by atoms with E-state index in [9.17, 15) is 22.4 Å². The second-order valence-corrected chi connectivity index (χ2v) is 3.36. The molecule has 0 fully saturated rings. The third-order valence-electron chi connectivity index (χ3n) is 1.58. The van der Waals surface area contributed by atoms with Gasteiger partial charge in [-0.05, 0) is 12.3 Å². The first-order valence-corrected chi connectivity index (χ1v) is 4.22. The molecule has 0 spiro atoms. The normalized spacial score (nSPS) is 12.3. The maximum Gasteiger partial charge on any atom is 0.383 e. The summed E-state index contributed by atoms with van der Waals surface area (Å²) >= 11 is 0. The van der Waals surface area contributed by atoms with Crippen molar-refractivity contribution >= 4 is 5.91 Å². The second-order valence-electron chi connectivity index (χ2n) is 3.36. The molecule has 0 aliphatic heterocycles. The average molecular weight is 215 g/mol. The van der Waals surface area contributed by atoms with Crippen molar-refractivity contribution in [3.8, 4) is 0 Å². The first-order valence-electron chi connectivity index (χ1n) is 4.22. The first kappa shape index (κ1) is 13.2. The summed E-state index contributed by atoms with van der Waals surface area (Å²) in [5, 5.41) is 1.77. The SMILES string of the molecule is CC(C)CCNC(=O)C(F)(F)C(F)F. The molecule has 0 saturated heterocycles. The molecule has 0 aromatic heterocycles. The molecule has 0 unspecified atom stereocenters. The van der Waals surface area contributed by atoms with Gasteiger partial charge < -0.3 is 5.32 Å². The molecule has 0 heterocycles. The van der Waals surface area contributed by atoms with Crippen LogP contribution in [-0.2, 0) is 4.79 Å². The van der Waals surface area contributed by atoms with E-state index < -0.39 is 18.3 Å². The van der Waals surface area contributed by atoms with Crippen molar-refractivity contribution in [2.24, 2.45) is 5.92 Å². The number of alkyl halides is 4. The molecule has 6 heteroatoms. The van der Waals surface area contributed by atoms with Gasteiger partial charge in [0, 0.05) is 6.54 Å². The molecule has 84 valence electrons. The molecule has 0 saturated carbocycles. The zero-order valence-corrected chi connectivity index (χ0v) is 7.99. The highest BCUT2D eigenvalue weighted by Crippen LogP contribution is 2.22. The third kappa shape index (κ3) is 3.93. The van der Waals surface area contributed by atoms with E-state index in [2.05, 4.69) is 0 Å². The molecule has 0 aliphatic rings. The van der Waals surface area contributed by atoms with Crippen LogP contribution in [0.2, 0.25) is 0 Å². The maximum absolute atomic E-state index is 12.3. The zero-order chi connectivity index (χ0) is 11.4. The minimum Gasteiger partial charge on any atom is -0.351 e. The van der Waals surface area contributed by atoms with Crippen molar-refractivity contribution in [1.82, 2.24) is 5.32 Å². The monoisotopic (exact) mass is 215 g/mol. The highest BCUT2D eigenvalue weighted by molar-refractivity contribution is 5.83. The molecule has 0 aromatic rings. The lowest BCUT2D eigenvalue weighted by atomic mass is 10.1. The fourth-order valence-electron chi connectivity index (χ4n) is 0.691. The van der Waals surface area contributed by atoms with Gasteiger partial charge in [-0.2, -0.15) is 8.78 Å². The van der Waals surface area contributed by atoms with Gasteiger partial charge in [0.05, 0.1) is 0 Å². The summed E-state index contributed by atoms with van der Waals surface area (Å²) in [6.45, 7) is 3.65. The summed E-state index contributed by atoms with van der Waals surface area (Å²) in [4.78, 5) is 10.5. The van der Waals surface area contributed by atoms with E-state index in [0.29, 0.717) is 6.42 Å². The fraction of sp³-hybridized carbons (Fsp3) is 0.875. The van der Waals surface area contributed by atoms with E-state index >= 15 is 0 Å². The third-order valence-corrected chi connectivity index (χ3v) is 1.58. The van der Waals surface area contributed by atoms with Gasteiger partial charge in [0.2, 0.25) is 0 Å². The number of carbonyl (C=O) groups excluding carboxylic acids is 1. The van der Waals surface area contributed by atoms with Crippen LogP contribution in [0, 0.1) is 5.92 Å². The lowest BCUT2D eigenvalue weighted by Gasteiger charge is -2.15. The fourth-order valence-corrected chi connectivity index (χ4v) is 0.691. The number of hydrogen-bond donors (Lipinski definition) is 1. The first-order chi connectivity index (χ1) is 6.28. The smallest absolute Gasteiger partial charge is 0.351 e. The number of halogens is 4. The summed E-state index contributed by atoms with van der Waals surface area (Å²) in [6.07, 6.45) is -3.48. The van der Waals surface area contributed by atoms with Gasteiger partial charge >= 0.3 is 12.3 Å². The van der Waals surface area contributed by atoms with E-state index in [4.69, 9.17) is 0 Å². The van der Waals surface area contributed by atoms with Crippen molar-refractivity contribution in [1.29, 1.82) is 0 Å². The topological polar surface area (TPSA) is 29.1 Å². The van der Waals surface area contributed by atoms with Crippen LogP contribution in [0.1, 0.15) is 20.3 Å². The molecule has 14 heavy (non-hydrogen) atoms. The highest BCUT2D eigenvalue weighted by Gasteiger charge is 2.48. The highest BCUT2D eigenvalue weighted by atomic mass is 19.3. The molecule has 0 rings (SSSR count). The van der Waals surface area contributed by atoms with Crippen LogP contribution in [0.15, 0.2) is 0 Å². The number of hydrogen-bond acceptors (Lipinski definition) is 1. The van der Waals surface area contributed by atoms with Gasteiger partial charge in [-0.15, -0.1) is 0 Å². The van der Waals surface area contributed by atoms with Crippen molar-refractivity contribution in [2.45, 2.75) is 32.6 Å². The zero-order valence-electron chi connectivity index (χ0n) is 7.99. The summed E-state index contributed by atoms with van der Waals surface area (Å²) in [5.41, 5.74) is 0. The molecule has 0 aliphatic carbocycles. The van der Waals surface area contributed by atoms with Gasteiger partial charge in [-0.1, -0.05) is 13.8 Å². The molecule has 1 amide bonds. The van der Waals surface area contributed by atoms with Gasteiger partial charge in [0.25, 0.3) is 5.91 Å². The maximum atomic E-state index is 12.3. The number of rotatable bonds is 5. The Morgan fingerprint density at radius 1 is 1.36 bits per heavy atom. The van der Waals surface area contributed by atoms with E-state index in [1.807, 2.05) is 13.8 Å². The average Bonchev–Trinajstić information content (AvgIpc) is 2.02. The Bertz CT molecular complexity index is 194. The standard InChI is InChI=1S/C8H13F4NO/c1-5(2)3-4-13-7(14)8(11,12)6(9)10/h5-6H,3-4H2,1-2H3,(H,13,14). The van der Waals surface area contributed by atoms with Crippen molar-refractivity contribution in [3.63, 3.8) is 0 Å². The number of carbonyl (C=O) groups is 1. The Morgan fingerprint density at radius 3 is 2.21 bits per heavy atom. The van der Waals surface area contributed by atoms with Crippen LogP contribution in [0.5, 0.6) is 0 Å². The quantitative estimate of drug-likeness (QED) is 0.699. The van der Waals surface area contributed by atoms with Crippen LogP contribution < -0.4 is 5.32 Å². The van der Waals surface area contributed by atoms with Crippen molar-refractivity contribution in [3.05, 3.63) is 0 Å². The van der Waals surface area contributed by atoms with Crippen LogP contribution >= 0.6 is 0 Å². The van der Waals surface area contributed by atoms with E-state index in [1.54, 1.807) is 5.32 Å². The van der Waals surface area contributed by atoms with E-state index in [1.165, 1.54) is 0 Å². The Labute approximate surface area is 79.7 Å². The van der Waals surface area contributed by atoms with Gasteiger partial charge in [0.1, 0.15) is 0 Å². The number of nitrogens with one attached hydrogen (secondary N) is 1. The molecule has 2 nitrogen and oxygen atoms in total. The van der Waals surface area contributed by atoms with E-state index in [0.717, 1.165) is 0 Å². The van der Waals surface area contributed by atoms with Crippen molar-refractivity contribution in [2.75, 3.05) is 6.54 Å². The van der Waals surface area contributed by atoms with Crippen LogP contribution in [-0.4, -0.2) is 24.8 Å². The summed E-state index contributed by atoms with van der Waals surface area (Å²) in [6, 6.07) is 0. The minimum atomic E-state index is -4.59. The summed E-state index contributed by atoms with van der Waals surface area (Å²) in [5.74, 6) is -6.28. The van der Waals surface area contributed by atoms with Crippen LogP contribution in [0.3, 0.4) is 0 Å². The molecule has 1 N–H and O–H groups in total. The van der Waals surface area contributed by atoms with Gasteiger partial charge in [0.15, 0.2) is 0 Å². The lowest BCUT2D eigenvalue weighted by Crippen LogP contribution is -2.45. The minimum absolute atomic E-state index is 0.0151. The second kappa shape index (κ2) is 5.17. The Morgan fingerprint density at radius 2 is 1.86 bits per heavy atom.